The van der Waals surface area contributed by atoms with Gasteiger partial charge >= 0.3 is 0 Å². The average molecular weight is 766 g/mol. The Hall–Kier alpha value is -8.37. The molecule has 2 heterocycles. The van der Waals surface area contributed by atoms with Crippen molar-refractivity contribution in [1.82, 2.24) is 9.97 Å². The summed E-state index contributed by atoms with van der Waals surface area (Å²) in [5.74, 6) is -0.510. The molecule has 0 atom stereocenters. The first-order chi connectivity index (χ1) is 28.7. The number of nitrogens with one attached hydrogen (secondary N) is 3. The Bertz CT molecular complexity index is 4320. The van der Waals surface area contributed by atoms with Crippen molar-refractivity contribution in [2.45, 2.75) is 0 Å². The van der Waals surface area contributed by atoms with E-state index in [0.29, 0.717) is 54.4 Å². The molecule has 1 amide bonds. The third kappa shape index (κ3) is 4.15. The second-order valence-electron chi connectivity index (χ2n) is 15.0. The van der Waals surface area contributed by atoms with Gasteiger partial charge in [-0.1, -0.05) is 84.9 Å². The molecule has 0 aliphatic heterocycles. The molecule has 12 aromatic rings. The third-order valence-electron chi connectivity index (χ3n) is 12.0. The first-order valence-electron chi connectivity index (χ1n) is 18.8. The summed E-state index contributed by atoms with van der Waals surface area (Å²) < 4.78 is 0. The van der Waals surface area contributed by atoms with Gasteiger partial charge in [0.1, 0.15) is 0 Å². The number of anilines is 1. The molecular formula is C49H23N3O7. The van der Waals surface area contributed by atoms with Crippen LogP contribution in [0.15, 0.2) is 150 Å². The standard InChI is InChI=1S/C49H23N3O7/c53-43-25-10-4-6-12-27(25)45(55)34-29(43)17-14-22-23-15-19-31-36(40(23)51-39(22)34)48(58)38-37(47(31)57)33(50-49(59)21-8-2-1-3-9-21)20-32-24-16-18-30-35(41(24)52-42(32)38)46(56)28-13-7-5-11-26(28)44(30)54/h1-20,51-52H,(H,50,59). The van der Waals surface area contributed by atoms with Gasteiger partial charge in [0, 0.05) is 64.8 Å². The van der Waals surface area contributed by atoms with E-state index in [0.717, 1.165) is 0 Å². The molecule has 0 unspecified atom stereocenters. The minimum Gasteiger partial charge on any atom is -0.353 e. The SMILES string of the molecule is O=C(Nc1cc2c3ccc4c(=O)c5ccccc5c(=O)c4c3[nH]c2c2c(=O)c3c(ccc4c5ccc6c(=O)c7ccccc7c(=O)c6c5[nH]c43)c(=O)c12)c1ccccc1. The van der Waals surface area contributed by atoms with Crippen molar-refractivity contribution in [3.8, 4) is 0 Å². The van der Waals surface area contributed by atoms with Crippen LogP contribution < -0.4 is 37.9 Å². The minimum absolute atomic E-state index is 0.0309. The minimum atomic E-state index is -0.553. The maximum atomic E-state index is 15.3. The van der Waals surface area contributed by atoms with Gasteiger partial charge in [-0.15, -0.1) is 0 Å². The summed E-state index contributed by atoms with van der Waals surface area (Å²) in [6.45, 7) is 0. The van der Waals surface area contributed by atoms with Crippen molar-refractivity contribution in [3.63, 3.8) is 0 Å². The van der Waals surface area contributed by atoms with Crippen LogP contribution in [0.2, 0.25) is 0 Å². The van der Waals surface area contributed by atoms with E-state index in [9.17, 15) is 28.8 Å². The summed E-state index contributed by atoms with van der Waals surface area (Å²) in [7, 11) is 0. The van der Waals surface area contributed by atoms with E-state index in [1.165, 1.54) is 0 Å². The highest BCUT2D eigenvalue weighted by atomic mass is 16.2. The van der Waals surface area contributed by atoms with Crippen LogP contribution in [0, 0.1) is 0 Å². The summed E-state index contributed by atoms with van der Waals surface area (Å²) in [5, 5.41) is 6.90. The zero-order valence-corrected chi connectivity index (χ0v) is 30.4. The van der Waals surface area contributed by atoms with Crippen molar-refractivity contribution in [2.24, 2.45) is 0 Å². The second kappa shape index (κ2) is 11.4. The van der Waals surface area contributed by atoms with Crippen LogP contribution in [0.1, 0.15) is 10.4 Å². The number of hydrogen-bond acceptors (Lipinski definition) is 7. The molecule has 0 saturated heterocycles. The molecule has 0 bridgehead atoms. The van der Waals surface area contributed by atoms with Gasteiger partial charge in [0.05, 0.1) is 54.7 Å². The van der Waals surface area contributed by atoms with Crippen LogP contribution in [-0.4, -0.2) is 15.9 Å². The zero-order valence-electron chi connectivity index (χ0n) is 30.4. The molecule has 0 fully saturated rings. The van der Waals surface area contributed by atoms with Crippen LogP contribution in [0.4, 0.5) is 5.69 Å². The van der Waals surface area contributed by atoms with Gasteiger partial charge in [-0.2, -0.15) is 0 Å². The van der Waals surface area contributed by atoms with Gasteiger partial charge < -0.3 is 15.3 Å². The molecule has 3 N–H and O–H groups in total. The van der Waals surface area contributed by atoms with E-state index < -0.39 is 16.8 Å². The highest BCUT2D eigenvalue weighted by molar-refractivity contribution is 6.30. The lowest BCUT2D eigenvalue weighted by Gasteiger charge is -2.11. The Morgan fingerprint density at radius 3 is 1.22 bits per heavy atom. The number of aromatic nitrogens is 2. The Kier molecular flexibility index (Phi) is 6.32. The van der Waals surface area contributed by atoms with E-state index in [1.807, 2.05) is 0 Å². The number of hydrogen-bond donors (Lipinski definition) is 3. The number of rotatable bonds is 2. The Morgan fingerprint density at radius 1 is 0.339 bits per heavy atom. The van der Waals surface area contributed by atoms with Gasteiger partial charge in [0.25, 0.3) is 5.91 Å². The summed E-state index contributed by atoms with van der Waals surface area (Å²) in [5.41, 5.74) is -0.794. The quantitative estimate of drug-likeness (QED) is 0.153. The fraction of sp³-hybridized carbons (Fsp3) is 0. The summed E-state index contributed by atoms with van der Waals surface area (Å²) in [4.78, 5) is 106. The van der Waals surface area contributed by atoms with Gasteiger partial charge in [-0.3, -0.25) is 33.6 Å². The summed E-state index contributed by atoms with van der Waals surface area (Å²) in [6, 6.07) is 33.2. The predicted octanol–water partition coefficient (Wildman–Crippen LogP) is 7.60. The van der Waals surface area contributed by atoms with Crippen LogP contribution in [-0.2, 0) is 0 Å². The number of carbonyl (C=O) groups excluding carboxylic acids is 1. The van der Waals surface area contributed by atoms with E-state index in [4.69, 9.17) is 0 Å². The maximum absolute atomic E-state index is 15.3. The lowest BCUT2D eigenvalue weighted by molar-refractivity contribution is 0.102. The van der Waals surface area contributed by atoms with Crippen molar-refractivity contribution in [3.05, 3.63) is 188 Å². The van der Waals surface area contributed by atoms with Crippen molar-refractivity contribution in [2.75, 3.05) is 5.32 Å². The van der Waals surface area contributed by atoms with Crippen LogP contribution >= 0.6 is 0 Å². The number of amides is 1. The third-order valence-corrected chi connectivity index (χ3v) is 12.0. The smallest absolute Gasteiger partial charge is 0.255 e. The van der Waals surface area contributed by atoms with E-state index in [2.05, 4.69) is 15.3 Å². The van der Waals surface area contributed by atoms with Gasteiger partial charge in [0.2, 0.25) is 0 Å². The summed E-state index contributed by atoms with van der Waals surface area (Å²) in [6.07, 6.45) is 0. The van der Waals surface area contributed by atoms with Gasteiger partial charge in [0.15, 0.2) is 32.6 Å². The van der Waals surface area contributed by atoms with Crippen LogP contribution in [0.3, 0.4) is 0 Å². The van der Waals surface area contributed by atoms with Gasteiger partial charge in [-0.05, 0) is 36.4 Å². The molecule has 0 spiro atoms. The van der Waals surface area contributed by atoms with Crippen molar-refractivity contribution in [1.29, 1.82) is 0 Å². The fourth-order valence-corrected chi connectivity index (χ4v) is 9.34. The Morgan fingerprint density at radius 2 is 0.712 bits per heavy atom. The molecule has 10 heteroatoms. The number of H-pyrrole nitrogens is 2. The molecule has 0 aliphatic rings. The van der Waals surface area contributed by atoms with E-state index in [-0.39, 0.29) is 86.8 Å². The molecule has 2 aromatic heterocycles. The second-order valence-corrected chi connectivity index (χ2v) is 15.0. The zero-order chi connectivity index (χ0) is 40.0. The summed E-state index contributed by atoms with van der Waals surface area (Å²) >= 11 is 0. The lowest BCUT2D eigenvalue weighted by atomic mass is 9.95. The number of carbonyl (C=O) groups is 1. The largest absolute Gasteiger partial charge is 0.353 e. The molecule has 0 saturated carbocycles. The molecule has 276 valence electrons. The predicted molar refractivity (Wildman–Crippen MR) is 236 cm³/mol. The molecule has 0 radical (unpaired) electrons. The lowest BCUT2D eigenvalue weighted by Crippen LogP contribution is -2.18. The Labute approximate surface area is 327 Å². The van der Waals surface area contributed by atoms with E-state index >= 15 is 4.79 Å². The van der Waals surface area contributed by atoms with Crippen molar-refractivity contribution < 1.29 is 4.79 Å². The normalized spacial score (nSPS) is 12.2. The molecule has 10 nitrogen and oxygen atoms in total. The maximum Gasteiger partial charge on any atom is 0.255 e. The molecule has 59 heavy (non-hydrogen) atoms. The van der Waals surface area contributed by atoms with Crippen LogP contribution in [0.25, 0.3) is 108 Å². The topological polar surface area (TPSA) is 163 Å². The molecule has 0 aliphatic carbocycles. The highest BCUT2D eigenvalue weighted by Gasteiger charge is 2.25. The number of benzene rings is 10. The molecular weight excluding hydrogens is 743 g/mol. The first-order valence-corrected chi connectivity index (χ1v) is 18.8. The van der Waals surface area contributed by atoms with Gasteiger partial charge in [-0.25, -0.2) is 0 Å². The number of fused-ring (bicyclic) bond motifs is 16. The monoisotopic (exact) mass is 765 g/mol. The van der Waals surface area contributed by atoms with Crippen LogP contribution in [0.5, 0.6) is 0 Å². The fourth-order valence-electron chi connectivity index (χ4n) is 9.34. The Balaban J connectivity index is 1.26. The first kappa shape index (κ1) is 32.8. The number of aromatic amines is 2. The average Bonchev–Trinajstić information content (AvgIpc) is 3.84. The highest BCUT2D eigenvalue weighted by Crippen LogP contribution is 2.38. The molecule has 10 aromatic carbocycles. The van der Waals surface area contributed by atoms with Crippen molar-refractivity contribution >= 4 is 120 Å². The van der Waals surface area contributed by atoms with E-state index in [1.54, 1.807) is 121 Å². The molecule has 12 rings (SSSR count).